The van der Waals surface area contributed by atoms with Crippen molar-refractivity contribution in [3.63, 3.8) is 0 Å². The molecule has 1 aliphatic rings. The second-order valence-corrected chi connectivity index (χ2v) is 7.05. The highest BCUT2D eigenvalue weighted by Gasteiger charge is 2.39. The molecule has 0 aromatic heterocycles. The van der Waals surface area contributed by atoms with Gasteiger partial charge in [-0.3, -0.25) is 4.79 Å². The molecule has 0 radical (unpaired) electrons. The fourth-order valence-electron chi connectivity index (χ4n) is 3.47. The van der Waals surface area contributed by atoms with Crippen LogP contribution in [0.4, 0.5) is 0 Å². The molecule has 0 aliphatic heterocycles. The Morgan fingerprint density at radius 3 is 2.60 bits per heavy atom. The van der Waals surface area contributed by atoms with Crippen LogP contribution in [-0.4, -0.2) is 44.7 Å². The highest BCUT2D eigenvalue weighted by molar-refractivity contribution is 5.66. The minimum atomic E-state index is -0.790. The molecule has 1 saturated carbocycles. The second-order valence-electron chi connectivity index (χ2n) is 7.05. The van der Waals surface area contributed by atoms with Crippen LogP contribution in [0, 0.1) is 11.8 Å². The molecular weight excluding hydrogens is 320 g/mol. The first-order valence-electron chi connectivity index (χ1n) is 9.55. The Hall–Kier alpha value is -1.17. The highest BCUT2D eigenvalue weighted by Crippen LogP contribution is 2.37. The first-order chi connectivity index (χ1) is 12.0. The van der Waals surface area contributed by atoms with E-state index in [0.717, 1.165) is 25.7 Å². The summed E-state index contributed by atoms with van der Waals surface area (Å²) in [6, 6.07) is 0. The fraction of sp³-hybridized carbons (Fsp3) is 0.750. The molecule has 0 heterocycles. The third-order valence-electron chi connectivity index (χ3n) is 4.92. The molecule has 0 aromatic carbocycles. The third kappa shape index (κ3) is 8.66. The lowest BCUT2D eigenvalue weighted by Crippen LogP contribution is -2.21. The van der Waals surface area contributed by atoms with Crippen molar-refractivity contribution in [2.24, 2.45) is 11.8 Å². The fourth-order valence-corrected chi connectivity index (χ4v) is 3.47. The number of allylic oxidation sites excluding steroid dienone is 1. The summed E-state index contributed by atoms with van der Waals surface area (Å²) in [4.78, 5) is 10.4. The first kappa shape index (κ1) is 21.9. The molecule has 0 aromatic rings. The van der Waals surface area contributed by atoms with E-state index in [1.807, 2.05) is 18.2 Å². The Kier molecular flexibility index (Phi) is 10.7. The van der Waals surface area contributed by atoms with Crippen LogP contribution in [0.1, 0.15) is 64.7 Å². The van der Waals surface area contributed by atoms with Crippen LogP contribution in [0.15, 0.2) is 24.3 Å². The van der Waals surface area contributed by atoms with E-state index in [-0.39, 0.29) is 18.3 Å². The summed E-state index contributed by atoms with van der Waals surface area (Å²) in [7, 11) is 0. The lowest BCUT2D eigenvalue weighted by Gasteiger charge is -2.21. The average molecular weight is 354 g/mol. The zero-order valence-electron chi connectivity index (χ0n) is 15.3. The molecule has 144 valence electrons. The predicted octanol–water partition coefficient (Wildman–Crippen LogP) is 3.04. The third-order valence-corrected chi connectivity index (χ3v) is 4.92. The van der Waals surface area contributed by atoms with Gasteiger partial charge in [-0.2, -0.15) is 0 Å². The minimum absolute atomic E-state index is 0.0663. The predicted molar refractivity (Wildman–Crippen MR) is 98.1 cm³/mol. The number of hydrogen-bond donors (Lipinski definition) is 4. The lowest BCUT2D eigenvalue weighted by molar-refractivity contribution is -0.137. The smallest absolute Gasteiger partial charge is 0.303 e. The summed E-state index contributed by atoms with van der Waals surface area (Å²) in [5, 5.41) is 38.9. The van der Waals surface area contributed by atoms with Crippen molar-refractivity contribution in [3.8, 4) is 0 Å². The Labute approximate surface area is 151 Å². The topological polar surface area (TPSA) is 98.0 Å². The number of aliphatic hydroxyl groups excluding tert-OH is 3. The zero-order chi connectivity index (χ0) is 18.7. The van der Waals surface area contributed by atoms with E-state index in [0.29, 0.717) is 25.7 Å². The van der Waals surface area contributed by atoms with E-state index in [1.54, 1.807) is 6.08 Å². The summed E-state index contributed by atoms with van der Waals surface area (Å²) in [5.74, 6) is -0.820. The van der Waals surface area contributed by atoms with Crippen molar-refractivity contribution in [2.75, 3.05) is 0 Å². The normalized spacial score (nSPS) is 28.2. The largest absolute Gasteiger partial charge is 0.481 e. The standard InChI is InChI=1S/C20H34O5/c1-2-3-6-10-16-17(19(23)14-18(16)22)13-12-15(21)9-7-4-5-8-11-20(24)25/h4,7,12-13,15-19,21-23H,2-3,5-6,8-11,14H2,1H3,(H,24,25)/b7-4-,13-12+/t15-,16-,17-,18-,19+/m1/s1. The Morgan fingerprint density at radius 1 is 1.16 bits per heavy atom. The van der Waals surface area contributed by atoms with E-state index in [9.17, 15) is 20.1 Å². The summed E-state index contributed by atoms with van der Waals surface area (Å²) < 4.78 is 0. The van der Waals surface area contributed by atoms with Gasteiger partial charge in [-0.25, -0.2) is 0 Å². The van der Waals surface area contributed by atoms with Crippen molar-refractivity contribution in [1.29, 1.82) is 0 Å². The molecule has 4 N–H and O–H groups in total. The van der Waals surface area contributed by atoms with Crippen molar-refractivity contribution >= 4 is 5.97 Å². The minimum Gasteiger partial charge on any atom is -0.481 e. The van der Waals surface area contributed by atoms with Crippen LogP contribution < -0.4 is 0 Å². The van der Waals surface area contributed by atoms with Crippen LogP contribution in [0.3, 0.4) is 0 Å². The molecule has 5 heteroatoms. The molecule has 0 unspecified atom stereocenters. The van der Waals surface area contributed by atoms with Gasteiger partial charge in [0.1, 0.15) is 0 Å². The molecule has 5 nitrogen and oxygen atoms in total. The molecule has 1 rings (SSSR count). The first-order valence-corrected chi connectivity index (χ1v) is 9.55. The van der Waals surface area contributed by atoms with Gasteiger partial charge in [0.25, 0.3) is 0 Å². The molecule has 0 saturated heterocycles. The SMILES string of the molecule is CCCCC[C@@H]1[C@@H](/C=C/[C@H](O)C/C=C\CCCC(=O)O)[C@@H](O)C[C@H]1O. The summed E-state index contributed by atoms with van der Waals surface area (Å²) >= 11 is 0. The summed E-state index contributed by atoms with van der Waals surface area (Å²) in [6.07, 6.45) is 12.2. The Morgan fingerprint density at radius 2 is 1.92 bits per heavy atom. The van der Waals surface area contributed by atoms with Gasteiger partial charge in [0, 0.05) is 18.8 Å². The van der Waals surface area contributed by atoms with Gasteiger partial charge in [0.15, 0.2) is 0 Å². The van der Waals surface area contributed by atoms with Gasteiger partial charge in [0.05, 0.1) is 18.3 Å². The highest BCUT2D eigenvalue weighted by atomic mass is 16.4. The Balaban J connectivity index is 2.39. The molecule has 1 aliphatic carbocycles. The van der Waals surface area contributed by atoms with Crippen LogP contribution in [0.2, 0.25) is 0 Å². The van der Waals surface area contributed by atoms with Gasteiger partial charge in [-0.05, 0) is 31.6 Å². The van der Waals surface area contributed by atoms with Crippen molar-refractivity contribution in [3.05, 3.63) is 24.3 Å². The van der Waals surface area contributed by atoms with Crippen LogP contribution in [0.25, 0.3) is 0 Å². The number of aliphatic hydroxyl groups is 3. The molecule has 5 atom stereocenters. The Bertz CT molecular complexity index is 432. The zero-order valence-corrected chi connectivity index (χ0v) is 15.3. The number of rotatable bonds is 12. The number of unbranched alkanes of at least 4 members (excludes halogenated alkanes) is 3. The number of carbonyl (C=O) groups is 1. The maximum absolute atomic E-state index is 10.4. The van der Waals surface area contributed by atoms with E-state index in [2.05, 4.69) is 6.92 Å². The molecule has 0 amide bonds. The van der Waals surface area contributed by atoms with E-state index >= 15 is 0 Å². The van der Waals surface area contributed by atoms with Gasteiger partial charge < -0.3 is 20.4 Å². The lowest BCUT2D eigenvalue weighted by atomic mass is 9.88. The summed E-state index contributed by atoms with van der Waals surface area (Å²) in [5.41, 5.74) is 0. The maximum atomic E-state index is 10.4. The van der Waals surface area contributed by atoms with Gasteiger partial charge >= 0.3 is 5.97 Å². The molecule has 0 spiro atoms. The van der Waals surface area contributed by atoms with Crippen LogP contribution >= 0.6 is 0 Å². The van der Waals surface area contributed by atoms with Crippen molar-refractivity contribution in [1.82, 2.24) is 0 Å². The van der Waals surface area contributed by atoms with E-state index in [1.165, 1.54) is 0 Å². The number of carboxylic acids is 1. The molecule has 0 bridgehead atoms. The van der Waals surface area contributed by atoms with E-state index < -0.39 is 24.3 Å². The number of carboxylic acid groups (broad SMARTS) is 1. The van der Waals surface area contributed by atoms with Gasteiger partial charge in [-0.1, -0.05) is 50.5 Å². The average Bonchev–Trinajstić information content (AvgIpc) is 2.82. The van der Waals surface area contributed by atoms with Crippen molar-refractivity contribution < 1.29 is 25.2 Å². The van der Waals surface area contributed by atoms with E-state index in [4.69, 9.17) is 5.11 Å². The molecule has 1 fully saturated rings. The molecular formula is C20H34O5. The van der Waals surface area contributed by atoms with Gasteiger partial charge in [0.2, 0.25) is 0 Å². The number of hydrogen-bond acceptors (Lipinski definition) is 4. The van der Waals surface area contributed by atoms with Crippen molar-refractivity contribution in [2.45, 2.75) is 83.0 Å². The molecule has 25 heavy (non-hydrogen) atoms. The van der Waals surface area contributed by atoms with Gasteiger partial charge in [-0.15, -0.1) is 0 Å². The summed E-state index contributed by atoms with van der Waals surface area (Å²) in [6.45, 7) is 2.14. The maximum Gasteiger partial charge on any atom is 0.303 e. The van der Waals surface area contributed by atoms with Crippen LogP contribution in [-0.2, 0) is 4.79 Å². The monoisotopic (exact) mass is 354 g/mol. The quantitative estimate of drug-likeness (QED) is 0.319. The van der Waals surface area contributed by atoms with Crippen LogP contribution in [0.5, 0.6) is 0 Å². The second kappa shape index (κ2) is 12.2. The number of aliphatic carboxylic acids is 1.